The Balaban J connectivity index is 2.39. The first-order valence-electron chi connectivity index (χ1n) is 7.76. The molecule has 0 aliphatic rings. The second kappa shape index (κ2) is 6.96. The second-order valence-electron chi connectivity index (χ2n) is 5.55. The van der Waals surface area contributed by atoms with E-state index in [9.17, 15) is 10.1 Å². The van der Waals surface area contributed by atoms with Gasteiger partial charge in [0.1, 0.15) is 5.75 Å². The van der Waals surface area contributed by atoms with Gasteiger partial charge >= 0.3 is 5.97 Å². The number of carbonyl (C=O) groups is 1. The van der Waals surface area contributed by atoms with Crippen LogP contribution in [0.5, 0.6) is 5.75 Å². The van der Waals surface area contributed by atoms with Crippen LogP contribution in [-0.4, -0.2) is 20.2 Å². The van der Waals surface area contributed by atoms with Crippen molar-refractivity contribution in [3.8, 4) is 29.0 Å². The van der Waals surface area contributed by atoms with Gasteiger partial charge in [-0.15, -0.1) is 0 Å². The molecule has 0 heterocycles. The van der Waals surface area contributed by atoms with Crippen molar-refractivity contribution in [1.82, 2.24) is 0 Å². The van der Waals surface area contributed by atoms with Crippen LogP contribution < -0.4 is 4.74 Å². The Morgan fingerprint density at radius 1 is 0.962 bits per heavy atom. The molecule has 0 aliphatic heterocycles. The number of nitriles is 2. The minimum absolute atomic E-state index is 0.393. The lowest BCUT2D eigenvalue weighted by atomic mass is 9.91. The maximum Gasteiger partial charge on any atom is 0.337 e. The fourth-order valence-electron chi connectivity index (χ4n) is 2.92. The SMILES string of the molecule is COC(=O)c1ccc2ccc(C#N)c(-c3ccc(C#N)cc3OC)c2c1. The zero-order valence-corrected chi connectivity index (χ0v) is 14.2. The number of nitrogens with zero attached hydrogens (tertiary/aromatic N) is 2. The molecule has 0 aromatic heterocycles. The molecule has 5 heteroatoms. The Morgan fingerprint density at radius 3 is 2.38 bits per heavy atom. The van der Waals surface area contributed by atoms with E-state index in [1.807, 2.05) is 12.1 Å². The molecular formula is C21H14N2O3. The van der Waals surface area contributed by atoms with Gasteiger partial charge in [-0.1, -0.05) is 12.1 Å². The fraction of sp³-hybridized carbons (Fsp3) is 0.0952. The van der Waals surface area contributed by atoms with E-state index in [0.29, 0.717) is 33.6 Å². The second-order valence-corrected chi connectivity index (χ2v) is 5.55. The highest BCUT2D eigenvalue weighted by atomic mass is 16.5. The van der Waals surface area contributed by atoms with Gasteiger partial charge in [0.25, 0.3) is 0 Å². The molecule has 0 bridgehead atoms. The Kier molecular flexibility index (Phi) is 4.55. The number of benzene rings is 3. The van der Waals surface area contributed by atoms with Gasteiger partial charge < -0.3 is 9.47 Å². The van der Waals surface area contributed by atoms with Crippen LogP contribution in [0.1, 0.15) is 21.5 Å². The van der Waals surface area contributed by atoms with Gasteiger partial charge in [0.05, 0.1) is 43.0 Å². The van der Waals surface area contributed by atoms with Crippen LogP contribution in [0.3, 0.4) is 0 Å². The first-order chi connectivity index (χ1) is 12.6. The van der Waals surface area contributed by atoms with E-state index < -0.39 is 5.97 Å². The lowest BCUT2D eigenvalue weighted by molar-refractivity contribution is 0.0601. The van der Waals surface area contributed by atoms with Crippen LogP contribution in [0.2, 0.25) is 0 Å². The van der Waals surface area contributed by atoms with E-state index in [1.165, 1.54) is 14.2 Å². The summed E-state index contributed by atoms with van der Waals surface area (Å²) in [7, 11) is 2.83. The van der Waals surface area contributed by atoms with Crippen molar-refractivity contribution in [3.63, 3.8) is 0 Å². The van der Waals surface area contributed by atoms with Crippen molar-refractivity contribution in [2.75, 3.05) is 14.2 Å². The summed E-state index contributed by atoms with van der Waals surface area (Å²) in [6.45, 7) is 0. The summed E-state index contributed by atoms with van der Waals surface area (Å²) in [4.78, 5) is 11.9. The van der Waals surface area contributed by atoms with Gasteiger partial charge in [-0.25, -0.2) is 4.79 Å². The van der Waals surface area contributed by atoms with Crippen LogP contribution in [0.4, 0.5) is 0 Å². The van der Waals surface area contributed by atoms with E-state index in [2.05, 4.69) is 12.1 Å². The van der Waals surface area contributed by atoms with E-state index >= 15 is 0 Å². The molecule has 3 aromatic carbocycles. The predicted molar refractivity (Wildman–Crippen MR) is 96.7 cm³/mol. The quantitative estimate of drug-likeness (QED) is 0.671. The van der Waals surface area contributed by atoms with Crippen LogP contribution in [-0.2, 0) is 4.74 Å². The van der Waals surface area contributed by atoms with Gasteiger partial charge in [0.2, 0.25) is 0 Å². The Bertz CT molecular complexity index is 1100. The number of rotatable bonds is 3. The van der Waals surface area contributed by atoms with Gasteiger partial charge in [0, 0.05) is 11.1 Å². The highest BCUT2D eigenvalue weighted by Gasteiger charge is 2.16. The molecule has 0 amide bonds. The highest BCUT2D eigenvalue weighted by molar-refractivity contribution is 6.04. The third kappa shape index (κ3) is 2.83. The number of hydrogen-bond acceptors (Lipinski definition) is 5. The molecule has 0 spiro atoms. The van der Waals surface area contributed by atoms with Crippen LogP contribution in [0.25, 0.3) is 21.9 Å². The van der Waals surface area contributed by atoms with Crippen molar-refractivity contribution in [2.24, 2.45) is 0 Å². The summed E-state index contributed by atoms with van der Waals surface area (Å²) in [5.74, 6) is 0.0310. The van der Waals surface area contributed by atoms with Gasteiger partial charge in [-0.3, -0.25) is 0 Å². The summed E-state index contributed by atoms with van der Waals surface area (Å²) in [5.41, 5.74) is 2.62. The van der Waals surface area contributed by atoms with Crippen molar-refractivity contribution in [3.05, 3.63) is 65.2 Å². The summed E-state index contributed by atoms with van der Waals surface area (Å²) >= 11 is 0. The number of methoxy groups -OCH3 is 2. The number of fused-ring (bicyclic) bond motifs is 1. The molecule has 0 atom stereocenters. The minimum Gasteiger partial charge on any atom is -0.496 e. The molecule has 3 rings (SSSR count). The molecule has 0 fully saturated rings. The summed E-state index contributed by atoms with van der Waals surface area (Å²) < 4.78 is 10.2. The maximum atomic E-state index is 11.9. The lowest BCUT2D eigenvalue weighted by Crippen LogP contribution is -2.01. The third-order valence-electron chi connectivity index (χ3n) is 4.16. The normalized spacial score (nSPS) is 10.0. The monoisotopic (exact) mass is 342 g/mol. The molecule has 0 saturated carbocycles. The van der Waals surface area contributed by atoms with Crippen LogP contribution in [0, 0.1) is 22.7 Å². The summed E-state index contributed by atoms with van der Waals surface area (Å²) in [6, 6.07) is 18.1. The van der Waals surface area contributed by atoms with Gasteiger partial charge in [0.15, 0.2) is 0 Å². The van der Waals surface area contributed by atoms with E-state index in [-0.39, 0.29) is 0 Å². The molecule has 0 aliphatic carbocycles. The van der Waals surface area contributed by atoms with Crippen LogP contribution >= 0.6 is 0 Å². The zero-order chi connectivity index (χ0) is 18.7. The molecule has 3 aromatic rings. The molecular weight excluding hydrogens is 328 g/mol. The third-order valence-corrected chi connectivity index (χ3v) is 4.16. The molecule has 126 valence electrons. The van der Waals surface area contributed by atoms with Crippen molar-refractivity contribution >= 4 is 16.7 Å². The highest BCUT2D eigenvalue weighted by Crippen LogP contribution is 2.38. The number of hydrogen-bond donors (Lipinski definition) is 0. The fourth-order valence-corrected chi connectivity index (χ4v) is 2.92. The van der Waals surface area contributed by atoms with Gasteiger partial charge in [-0.2, -0.15) is 10.5 Å². The molecule has 26 heavy (non-hydrogen) atoms. The van der Waals surface area contributed by atoms with E-state index in [4.69, 9.17) is 14.7 Å². The Hall–Kier alpha value is -3.83. The Labute approximate surface area is 150 Å². The largest absolute Gasteiger partial charge is 0.496 e. The standard InChI is InChI=1S/C21H14N2O3/c1-25-19-9-13(11-22)3-8-17(19)20-16(12-23)7-5-14-4-6-15(10-18(14)20)21(24)26-2/h3-10H,1-2H3. The average Bonchev–Trinajstić information content (AvgIpc) is 2.71. The Morgan fingerprint density at radius 2 is 1.73 bits per heavy atom. The molecule has 0 saturated heterocycles. The topological polar surface area (TPSA) is 83.1 Å². The first-order valence-corrected chi connectivity index (χ1v) is 7.76. The smallest absolute Gasteiger partial charge is 0.337 e. The zero-order valence-electron chi connectivity index (χ0n) is 14.2. The number of ether oxygens (including phenoxy) is 2. The van der Waals surface area contributed by atoms with Crippen molar-refractivity contribution in [1.29, 1.82) is 10.5 Å². The number of carbonyl (C=O) groups excluding carboxylic acids is 1. The lowest BCUT2D eigenvalue weighted by Gasteiger charge is -2.14. The number of esters is 1. The maximum absolute atomic E-state index is 11.9. The van der Waals surface area contributed by atoms with Crippen LogP contribution in [0.15, 0.2) is 48.5 Å². The summed E-state index contributed by atoms with van der Waals surface area (Å²) in [5, 5.41) is 20.3. The summed E-state index contributed by atoms with van der Waals surface area (Å²) in [6.07, 6.45) is 0. The molecule has 0 N–H and O–H groups in total. The molecule has 0 unspecified atom stereocenters. The average molecular weight is 342 g/mol. The minimum atomic E-state index is -0.452. The predicted octanol–water partition coefficient (Wildman–Crippen LogP) is 4.05. The van der Waals surface area contributed by atoms with Crippen molar-refractivity contribution in [2.45, 2.75) is 0 Å². The molecule has 0 radical (unpaired) electrons. The first kappa shape index (κ1) is 17.0. The van der Waals surface area contributed by atoms with Gasteiger partial charge in [-0.05, 0) is 47.2 Å². The van der Waals surface area contributed by atoms with E-state index in [1.54, 1.807) is 36.4 Å². The van der Waals surface area contributed by atoms with Crippen molar-refractivity contribution < 1.29 is 14.3 Å². The van der Waals surface area contributed by atoms with E-state index in [0.717, 1.165) is 10.8 Å². The molecule has 5 nitrogen and oxygen atoms in total.